The Hall–Kier alpha value is 0.310. The Morgan fingerprint density at radius 1 is 1.67 bits per heavy atom. The first kappa shape index (κ1) is 7.42. The van der Waals surface area contributed by atoms with Crippen LogP contribution >= 0.6 is 12.6 Å². The third-order valence-electron chi connectivity index (χ3n) is 2.11. The predicted molar refractivity (Wildman–Crippen MR) is 44.1 cm³/mol. The van der Waals surface area contributed by atoms with E-state index in [9.17, 15) is 0 Å². The van der Waals surface area contributed by atoms with Gasteiger partial charge in [-0.05, 0) is 25.9 Å². The van der Waals surface area contributed by atoms with Gasteiger partial charge in [-0.1, -0.05) is 6.92 Å². The van der Waals surface area contributed by atoms with Gasteiger partial charge in [-0.15, -0.1) is 0 Å². The molecule has 1 rings (SSSR count). The van der Waals surface area contributed by atoms with E-state index < -0.39 is 0 Å². The van der Waals surface area contributed by atoms with Crippen LogP contribution in [0.4, 0.5) is 0 Å². The fraction of sp³-hybridized carbons (Fsp3) is 1.00. The number of hydrogen-bond acceptors (Lipinski definition) is 2. The van der Waals surface area contributed by atoms with Crippen molar-refractivity contribution in [1.82, 2.24) is 4.90 Å². The topological polar surface area (TPSA) is 3.24 Å². The van der Waals surface area contributed by atoms with Gasteiger partial charge in [0.1, 0.15) is 0 Å². The number of thiol groups is 1. The second-order valence-electron chi connectivity index (χ2n) is 3.05. The van der Waals surface area contributed by atoms with Crippen molar-refractivity contribution in [2.24, 2.45) is 5.92 Å². The quantitative estimate of drug-likeness (QED) is 0.544. The molecule has 0 aromatic heterocycles. The third kappa shape index (κ3) is 1.87. The van der Waals surface area contributed by atoms with Gasteiger partial charge in [0, 0.05) is 11.8 Å². The van der Waals surface area contributed by atoms with Gasteiger partial charge in [-0.2, -0.15) is 12.6 Å². The summed E-state index contributed by atoms with van der Waals surface area (Å²) in [6.45, 7) is 4.69. The maximum absolute atomic E-state index is 4.41. The molecule has 9 heavy (non-hydrogen) atoms. The maximum Gasteiger partial charge on any atom is 0.00294 e. The summed E-state index contributed by atoms with van der Waals surface area (Å²) < 4.78 is 0. The molecule has 2 atom stereocenters. The van der Waals surface area contributed by atoms with Gasteiger partial charge in [0.25, 0.3) is 0 Å². The molecule has 0 N–H and O–H groups in total. The zero-order valence-corrected chi connectivity index (χ0v) is 7.06. The molecule has 1 fully saturated rings. The molecule has 1 heterocycles. The highest BCUT2D eigenvalue weighted by Gasteiger charge is 2.22. The third-order valence-corrected chi connectivity index (χ3v) is 2.53. The summed E-state index contributed by atoms with van der Waals surface area (Å²) >= 11 is 4.41. The van der Waals surface area contributed by atoms with Crippen LogP contribution in [0.5, 0.6) is 0 Å². The Morgan fingerprint density at radius 2 is 2.33 bits per heavy atom. The van der Waals surface area contributed by atoms with Crippen LogP contribution in [0, 0.1) is 5.92 Å². The largest absolute Gasteiger partial charge is 0.306 e. The molecule has 1 aliphatic heterocycles. The molecule has 0 radical (unpaired) electrons. The van der Waals surface area contributed by atoms with Gasteiger partial charge >= 0.3 is 0 Å². The molecule has 2 heteroatoms. The van der Waals surface area contributed by atoms with Crippen LogP contribution in [0.2, 0.25) is 0 Å². The summed E-state index contributed by atoms with van der Waals surface area (Å²) in [6, 6.07) is 0. The lowest BCUT2D eigenvalue weighted by Crippen LogP contribution is -2.17. The number of hydrogen-bond donors (Lipinski definition) is 1. The lowest BCUT2D eigenvalue weighted by atomic mass is 10.1. The van der Waals surface area contributed by atoms with Crippen molar-refractivity contribution in [2.45, 2.75) is 18.6 Å². The molecule has 0 aliphatic carbocycles. The van der Waals surface area contributed by atoms with Crippen molar-refractivity contribution in [1.29, 1.82) is 0 Å². The average Bonchev–Trinajstić information content (AvgIpc) is 2.14. The minimum atomic E-state index is 0.579. The predicted octanol–water partition coefficient (Wildman–Crippen LogP) is 1.26. The highest BCUT2D eigenvalue weighted by atomic mass is 32.1. The fourth-order valence-electron chi connectivity index (χ4n) is 1.36. The van der Waals surface area contributed by atoms with Crippen LogP contribution in [0.25, 0.3) is 0 Å². The summed E-state index contributed by atoms with van der Waals surface area (Å²) in [7, 11) is 2.18. The zero-order chi connectivity index (χ0) is 6.85. The molecule has 0 amide bonds. The second kappa shape index (κ2) is 2.93. The standard InChI is InChI=1S/C7H15NS/c1-6(9)7-3-4-8(2)5-7/h6-7,9H,3-5H2,1-2H3/t6?,7-/m0/s1. The van der Waals surface area contributed by atoms with Crippen LogP contribution in [0.3, 0.4) is 0 Å². The van der Waals surface area contributed by atoms with Crippen LogP contribution in [0.1, 0.15) is 13.3 Å². The lowest BCUT2D eigenvalue weighted by molar-refractivity contribution is 0.395. The van der Waals surface area contributed by atoms with Crippen molar-refractivity contribution in [2.75, 3.05) is 20.1 Å². The van der Waals surface area contributed by atoms with Crippen LogP contribution < -0.4 is 0 Å². The molecule has 0 saturated carbocycles. The molecule has 0 bridgehead atoms. The van der Waals surface area contributed by atoms with Crippen LogP contribution in [-0.4, -0.2) is 30.3 Å². The minimum Gasteiger partial charge on any atom is -0.306 e. The average molecular weight is 145 g/mol. The van der Waals surface area contributed by atoms with E-state index in [1.165, 1.54) is 19.5 Å². The lowest BCUT2D eigenvalue weighted by Gasteiger charge is -2.12. The Kier molecular flexibility index (Phi) is 2.42. The summed E-state index contributed by atoms with van der Waals surface area (Å²) in [4.78, 5) is 2.37. The summed E-state index contributed by atoms with van der Waals surface area (Å²) in [6.07, 6.45) is 1.33. The molecule has 0 aromatic carbocycles. The van der Waals surface area contributed by atoms with Gasteiger partial charge < -0.3 is 4.90 Å². The van der Waals surface area contributed by atoms with E-state index in [1.54, 1.807) is 0 Å². The highest BCUT2D eigenvalue weighted by molar-refractivity contribution is 7.80. The summed E-state index contributed by atoms with van der Waals surface area (Å²) in [5.41, 5.74) is 0. The molecule has 0 aromatic rings. The van der Waals surface area contributed by atoms with Gasteiger partial charge in [0.05, 0.1) is 0 Å². The van der Waals surface area contributed by atoms with E-state index in [1.807, 2.05) is 0 Å². The minimum absolute atomic E-state index is 0.579. The van der Waals surface area contributed by atoms with Crippen molar-refractivity contribution >= 4 is 12.6 Å². The smallest absolute Gasteiger partial charge is 0.00294 e. The van der Waals surface area contributed by atoms with Gasteiger partial charge in [0.15, 0.2) is 0 Å². The van der Waals surface area contributed by atoms with E-state index in [2.05, 4.69) is 31.5 Å². The molecule has 1 nitrogen and oxygen atoms in total. The van der Waals surface area contributed by atoms with Crippen molar-refractivity contribution in [3.05, 3.63) is 0 Å². The molecule has 0 spiro atoms. The molecule has 1 unspecified atom stereocenters. The molecular weight excluding hydrogens is 130 g/mol. The van der Waals surface area contributed by atoms with E-state index >= 15 is 0 Å². The summed E-state index contributed by atoms with van der Waals surface area (Å²) in [5.74, 6) is 0.832. The highest BCUT2D eigenvalue weighted by Crippen LogP contribution is 2.20. The zero-order valence-electron chi connectivity index (χ0n) is 6.17. The SMILES string of the molecule is CC(S)[C@H]1CCN(C)C1. The van der Waals surface area contributed by atoms with E-state index in [-0.39, 0.29) is 0 Å². The van der Waals surface area contributed by atoms with Crippen LogP contribution in [0.15, 0.2) is 0 Å². The van der Waals surface area contributed by atoms with E-state index in [0.717, 1.165) is 5.92 Å². The number of rotatable bonds is 1. The normalized spacial score (nSPS) is 33.0. The first-order valence-corrected chi connectivity index (χ1v) is 4.08. The number of likely N-dealkylation sites (tertiary alicyclic amines) is 1. The fourth-order valence-corrected chi connectivity index (χ4v) is 1.61. The maximum atomic E-state index is 4.41. The molecule has 1 aliphatic rings. The van der Waals surface area contributed by atoms with Crippen molar-refractivity contribution < 1.29 is 0 Å². The second-order valence-corrected chi connectivity index (χ2v) is 3.87. The van der Waals surface area contributed by atoms with E-state index in [0.29, 0.717) is 5.25 Å². The Balaban J connectivity index is 2.30. The summed E-state index contributed by atoms with van der Waals surface area (Å²) in [5, 5.41) is 0.579. The van der Waals surface area contributed by atoms with Gasteiger partial charge in [0.2, 0.25) is 0 Å². The van der Waals surface area contributed by atoms with Gasteiger partial charge in [-0.25, -0.2) is 0 Å². The van der Waals surface area contributed by atoms with Crippen molar-refractivity contribution in [3.8, 4) is 0 Å². The first-order valence-electron chi connectivity index (χ1n) is 3.57. The first-order chi connectivity index (χ1) is 4.20. The molecule has 54 valence electrons. The molecule has 1 saturated heterocycles. The van der Waals surface area contributed by atoms with Crippen LogP contribution in [-0.2, 0) is 0 Å². The molecular formula is C7H15NS. The van der Waals surface area contributed by atoms with E-state index in [4.69, 9.17) is 0 Å². The monoisotopic (exact) mass is 145 g/mol. The Bertz CT molecular complexity index is 92.9. The van der Waals surface area contributed by atoms with Crippen molar-refractivity contribution in [3.63, 3.8) is 0 Å². The number of nitrogens with zero attached hydrogens (tertiary/aromatic N) is 1. The Morgan fingerprint density at radius 3 is 2.56 bits per heavy atom. The van der Waals surface area contributed by atoms with Gasteiger partial charge in [-0.3, -0.25) is 0 Å². The Labute approximate surface area is 62.8 Å².